The molecular formula is C43H42Cl2N6O2. The SMILES string of the molecule is COc1cccc([C@@H]2CN(Cc3ccccc3)CCN2c2ccc(C#N)cc2Cl)c1.COc1cccc([C@@H]2CNCCN2c2ccc(C#N)cc2Cl)c1. The summed E-state index contributed by atoms with van der Waals surface area (Å²) in [7, 11) is 3.37. The van der Waals surface area contributed by atoms with Crippen LogP contribution in [-0.4, -0.2) is 58.4 Å². The molecule has 2 fully saturated rings. The minimum absolute atomic E-state index is 0.128. The summed E-state index contributed by atoms with van der Waals surface area (Å²) in [5.41, 5.74) is 6.75. The number of anilines is 2. The quantitative estimate of drug-likeness (QED) is 0.169. The van der Waals surface area contributed by atoms with Gasteiger partial charge in [0.05, 0.1) is 71.0 Å². The third-order valence-electron chi connectivity index (χ3n) is 9.69. The molecule has 0 aromatic heterocycles. The van der Waals surface area contributed by atoms with Crippen molar-refractivity contribution in [2.45, 2.75) is 18.6 Å². The predicted octanol–water partition coefficient (Wildman–Crippen LogP) is 8.65. The van der Waals surface area contributed by atoms with Crippen molar-refractivity contribution < 1.29 is 9.47 Å². The third kappa shape index (κ3) is 9.24. The van der Waals surface area contributed by atoms with E-state index in [0.717, 1.165) is 68.7 Å². The Balaban J connectivity index is 0.000000188. The fourth-order valence-corrected chi connectivity index (χ4v) is 7.58. The van der Waals surface area contributed by atoms with Crippen molar-refractivity contribution >= 4 is 34.6 Å². The highest BCUT2D eigenvalue weighted by molar-refractivity contribution is 6.33. The average molecular weight is 746 g/mol. The fraction of sp³-hybridized carbons (Fsp3) is 0.256. The van der Waals surface area contributed by atoms with Crippen molar-refractivity contribution in [1.29, 1.82) is 10.5 Å². The van der Waals surface area contributed by atoms with Crippen LogP contribution in [0.25, 0.3) is 0 Å². The Labute approximate surface area is 322 Å². The molecule has 0 spiro atoms. The first-order chi connectivity index (χ1) is 25.9. The summed E-state index contributed by atoms with van der Waals surface area (Å²) in [4.78, 5) is 7.11. The molecule has 0 bridgehead atoms. The van der Waals surface area contributed by atoms with Gasteiger partial charge in [-0.3, -0.25) is 4.90 Å². The maximum absolute atomic E-state index is 9.18. The van der Waals surface area contributed by atoms with Crippen molar-refractivity contribution in [3.05, 3.63) is 153 Å². The van der Waals surface area contributed by atoms with E-state index in [1.54, 1.807) is 26.4 Å². The van der Waals surface area contributed by atoms with Gasteiger partial charge in [0.2, 0.25) is 0 Å². The van der Waals surface area contributed by atoms with Gasteiger partial charge in [0, 0.05) is 45.8 Å². The van der Waals surface area contributed by atoms with Crippen LogP contribution in [0.3, 0.4) is 0 Å². The van der Waals surface area contributed by atoms with Gasteiger partial charge >= 0.3 is 0 Å². The molecule has 270 valence electrons. The summed E-state index contributed by atoms with van der Waals surface area (Å²) >= 11 is 13.0. The van der Waals surface area contributed by atoms with Crippen LogP contribution >= 0.6 is 23.2 Å². The zero-order valence-electron chi connectivity index (χ0n) is 29.9. The van der Waals surface area contributed by atoms with Crippen molar-refractivity contribution in [1.82, 2.24) is 10.2 Å². The molecule has 8 nitrogen and oxygen atoms in total. The highest BCUT2D eigenvalue weighted by atomic mass is 35.5. The van der Waals surface area contributed by atoms with Crippen LogP contribution in [0.5, 0.6) is 11.5 Å². The number of piperazine rings is 2. The normalized spacial score (nSPS) is 17.2. The first-order valence-corrected chi connectivity index (χ1v) is 18.3. The zero-order valence-corrected chi connectivity index (χ0v) is 31.4. The molecule has 1 N–H and O–H groups in total. The number of rotatable bonds is 8. The lowest BCUT2D eigenvalue weighted by molar-refractivity contribution is 0.215. The van der Waals surface area contributed by atoms with Crippen LogP contribution in [0.1, 0.15) is 39.9 Å². The van der Waals surface area contributed by atoms with Crippen molar-refractivity contribution in [2.75, 3.05) is 63.3 Å². The highest BCUT2D eigenvalue weighted by Crippen LogP contribution is 2.38. The molecule has 2 atom stereocenters. The van der Waals surface area contributed by atoms with Crippen LogP contribution < -0.4 is 24.6 Å². The van der Waals surface area contributed by atoms with E-state index in [-0.39, 0.29) is 12.1 Å². The molecule has 53 heavy (non-hydrogen) atoms. The van der Waals surface area contributed by atoms with Gasteiger partial charge in [-0.15, -0.1) is 0 Å². The Morgan fingerprint density at radius 3 is 1.77 bits per heavy atom. The van der Waals surface area contributed by atoms with E-state index in [1.165, 1.54) is 16.7 Å². The van der Waals surface area contributed by atoms with Gasteiger partial charge in [0.15, 0.2) is 0 Å². The monoisotopic (exact) mass is 744 g/mol. The minimum Gasteiger partial charge on any atom is -0.497 e. The number of nitriles is 2. The number of halogens is 2. The number of hydrogen-bond acceptors (Lipinski definition) is 8. The molecule has 2 heterocycles. The summed E-state index contributed by atoms with van der Waals surface area (Å²) in [5.74, 6) is 1.69. The van der Waals surface area contributed by atoms with E-state index in [0.29, 0.717) is 21.2 Å². The smallest absolute Gasteiger partial charge is 0.119 e. The second kappa shape index (κ2) is 18.0. The number of methoxy groups -OCH3 is 2. The number of nitrogens with one attached hydrogen (secondary N) is 1. The largest absolute Gasteiger partial charge is 0.497 e. The maximum atomic E-state index is 9.18. The van der Waals surface area contributed by atoms with Gasteiger partial charge in [-0.25, -0.2) is 0 Å². The summed E-state index contributed by atoms with van der Waals surface area (Å²) in [6.07, 6.45) is 0. The van der Waals surface area contributed by atoms with Gasteiger partial charge < -0.3 is 24.6 Å². The van der Waals surface area contributed by atoms with Gasteiger partial charge in [0.25, 0.3) is 0 Å². The third-order valence-corrected chi connectivity index (χ3v) is 10.3. The minimum atomic E-state index is 0.128. The Bertz CT molecular complexity index is 2080. The van der Waals surface area contributed by atoms with Gasteiger partial charge in [-0.05, 0) is 77.4 Å². The molecule has 5 aromatic rings. The Kier molecular flexibility index (Phi) is 12.8. The molecule has 2 aliphatic rings. The molecular weight excluding hydrogens is 703 g/mol. The Hall–Kier alpha value is -5.22. The number of hydrogen-bond donors (Lipinski definition) is 1. The molecule has 2 aliphatic heterocycles. The summed E-state index contributed by atoms with van der Waals surface area (Å²) in [6, 6.07) is 42.5. The second-order valence-electron chi connectivity index (χ2n) is 13.0. The van der Waals surface area contributed by atoms with Crippen molar-refractivity contribution in [2.24, 2.45) is 0 Å². The van der Waals surface area contributed by atoms with Crippen LogP contribution in [-0.2, 0) is 6.54 Å². The summed E-state index contributed by atoms with van der Waals surface area (Å²) < 4.78 is 10.8. The fourth-order valence-electron chi connectivity index (χ4n) is 7.01. The van der Waals surface area contributed by atoms with Crippen molar-refractivity contribution in [3.8, 4) is 23.6 Å². The molecule has 7 rings (SSSR count). The van der Waals surface area contributed by atoms with Crippen LogP contribution in [0.15, 0.2) is 115 Å². The number of ether oxygens (including phenoxy) is 2. The van der Waals surface area contributed by atoms with Crippen LogP contribution in [0.2, 0.25) is 10.0 Å². The number of benzene rings is 5. The Morgan fingerprint density at radius 2 is 1.23 bits per heavy atom. The summed E-state index contributed by atoms with van der Waals surface area (Å²) in [5, 5.41) is 22.8. The van der Waals surface area contributed by atoms with E-state index in [2.05, 4.69) is 80.7 Å². The average Bonchev–Trinajstić information content (AvgIpc) is 3.21. The molecule has 0 saturated carbocycles. The van der Waals surface area contributed by atoms with Crippen LogP contribution in [0, 0.1) is 22.7 Å². The topological polar surface area (TPSA) is 87.8 Å². The van der Waals surface area contributed by atoms with E-state index in [4.69, 9.17) is 37.9 Å². The molecule has 5 aromatic carbocycles. The first kappa shape index (κ1) is 37.5. The molecule has 0 amide bonds. The Morgan fingerprint density at radius 1 is 0.660 bits per heavy atom. The van der Waals surface area contributed by atoms with E-state index in [9.17, 15) is 5.26 Å². The van der Waals surface area contributed by atoms with E-state index in [1.807, 2.05) is 54.6 Å². The summed E-state index contributed by atoms with van der Waals surface area (Å²) in [6.45, 7) is 6.16. The molecule has 0 unspecified atom stereocenters. The molecule has 0 aliphatic carbocycles. The lowest BCUT2D eigenvalue weighted by Gasteiger charge is -2.43. The molecule has 10 heteroatoms. The lowest BCUT2D eigenvalue weighted by Crippen LogP contribution is -2.48. The van der Waals surface area contributed by atoms with Gasteiger partial charge in [-0.2, -0.15) is 10.5 Å². The van der Waals surface area contributed by atoms with Gasteiger partial charge in [-0.1, -0.05) is 77.8 Å². The predicted molar refractivity (Wildman–Crippen MR) is 213 cm³/mol. The number of nitrogens with zero attached hydrogens (tertiary/aromatic N) is 5. The maximum Gasteiger partial charge on any atom is 0.119 e. The van der Waals surface area contributed by atoms with Crippen molar-refractivity contribution in [3.63, 3.8) is 0 Å². The molecule has 0 radical (unpaired) electrons. The lowest BCUT2D eigenvalue weighted by atomic mass is 10.00. The van der Waals surface area contributed by atoms with E-state index < -0.39 is 0 Å². The first-order valence-electron chi connectivity index (χ1n) is 17.6. The standard InChI is InChI=1S/C25H24ClN3O.C18H18ClN3O/c1-30-22-9-5-8-21(15-22)25-18-28(17-19-6-3-2-4-7-19)12-13-29(25)24-11-10-20(16-27)14-23(24)26;1-23-15-4-2-3-14(10-15)18-12-21-7-8-22(18)17-6-5-13(11-20)9-16(17)19/h2-11,14-15,25H,12-13,17-18H2,1H3;2-6,9-10,18,21H,7-8,12H2,1H3/t25-;18-/m00/s1. The highest BCUT2D eigenvalue weighted by Gasteiger charge is 2.30. The zero-order chi connectivity index (χ0) is 37.2. The van der Waals surface area contributed by atoms with E-state index >= 15 is 0 Å². The van der Waals surface area contributed by atoms with Gasteiger partial charge in [0.1, 0.15) is 11.5 Å². The molecule has 2 saturated heterocycles. The van der Waals surface area contributed by atoms with Crippen LogP contribution in [0.4, 0.5) is 11.4 Å². The second-order valence-corrected chi connectivity index (χ2v) is 13.8.